The largest absolute Gasteiger partial charge is 0.295 e. The highest BCUT2D eigenvalue weighted by Crippen LogP contribution is 2.28. The molecule has 0 amide bonds. The van der Waals surface area contributed by atoms with Gasteiger partial charge in [0.15, 0.2) is 0 Å². The lowest BCUT2D eigenvalue weighted by Gasteiger charge is -2.20. The summed E-state index contributed by atoms with van der Waals surface area (Å²) in [4.78, 5) is 2.23. The second-order valence-corrected chi connectivity index (χ2v) is 4.54. The van der Waals surface area contributed by atoms with Gasteiger partial charge in [0.05, 0.1) is 11.6 Å². The fourth-order valence-corrected chi connectivity index (χ4v) is 2.01. The van der Waals surface area contributed by atoms with E-state index in [4.69, 9.17) is 10.5 Å². The molecule has 3 nitrogen and oxygen atoms in total. The molecule has 4 heteroatoms. The molecule has 1 aliphatic carbocycles. The quantitative estimate of drug-likeness (QED) is 0.798. The van der Waals surface area contributed by atoms with E-state index in [1.54, 1.807) is 12.1 Å². The Kier molecular flexibility index (Phi) is 3.92. The van der Waals surface area contributed by atoms with Crippen LogP contribution in [0.2, 0.25) is 0 Å². The standard InChI is InChI=1S/C14H14FN3/c15-14-5-2-11(8-12(14)9-17)10-18(7-1-6-16)13-3-4-13/h2,5,8,13H,1,3-4,7,10H2. The summed E-state index contributed by atoms with van der Waals surface area (Å²) in [6.45, 7) is 1.42. The molecular formula is C14H14FN3. The van der Waals surface area contributed by atoms with E-state index in [0.29, 0.717) is 19.0 Å². The first-order valence-corrected chi connectivity index (χ1v) is 6.04. The van der Waals surface area contributed by atoms with Gasteiger partial charge in [0.1, 0.15) is 11.9 Å². The van der Waals surface area contributed by atoms with Gasteiger partial charge in [-0.2, -0.15) is 10.5 Å². The SMILES string of the molecule is N#CCCN(Cc1ccc(F)c(C#N)c1)C1CC1. The molecule has 1 aromatic rings. The third-order valence-corrected chi connectivity index (χ3v) is 3.11. The van der Waals surface area contributed by atoms with E-state index in [2.05, 4.69) is 11.0 Å². The average molecular weight is 243 g/mol. The molecule has 0 aliphatic heterocycles. The molecular weight excluding hydrogens is 229 g/mol. The first kappa shape index (κ1) is 12.5. The van der Waals surface area contributed by atoms with Crippen molar-refractivity contribution in [2.75, 3.05) is 6.54 Å². The van der Waals surface area contributed by atoms with E-state index < -0.39 is 5.82 Å². The van der Waals surface area contributed by atoms with Crippen LogP contribution in [0.1, 0.15) is 30.4 Å². The van der Waals surface area contributed by atoms with Crippen LogP contribution in [0.3, 0.4) is 0 Å². The Balaban J connectivity index is 2.07. The third-order valence-electron chi connectivity index (χ3n) is 3.11. The number of halogens is 1. The van der Waals surface area contributed by atoms with E-state index in [0.717, 1.165) is 24.9 Å². The molecule has 0 spiro atoms. The predicted octanol–water partition coefficient (Wildman–Crippen LogP) is 2.58. The zero-order chi connectivity index (χ0) is 13.0. The Labute approximate surface area is 106 Å². The van der Waals surface area contributed by atoms with E-state index in [-0.39, 0.29) is 5.56 Å². The minimum Gasteiger partial charge on any atom is -0.295 e. The molecule has 0 heterocycles. The molecule has 1 fully saturated rings. The van der Waals surface area contributed by atoms with Crippen molar-refractivity contribution in [1.29, 1.82) is 10.5 Å². The van der Waals surface area contributed by atoms with Gasteiger partial charge >= 0.3 is 0 Å². The van der Waals surface area contributed by atoms with Crippen molar-refractivity contribution in [2.24, 2.45) is 0 Å². The maximum absolute atomic E-state index is 13.2. The van der Waals surface area contributed by atoms with Crippen LogP contribution in [0.15, 0.2) is 18.2 Å². The average Bonchev–Trinajstić information content (AvgIpc) is 3.20. The van der Waals surface area contributed by atoms with Gasteiger partial charge in [-0.25, -0.2) is 4.39 Å². The van der Waals surface area contributed by atoms with Gasteiger partial charge in [-0.1, -0.05) is 6.07 Å². The molecule has 1 aliphatic rings. The van der Waals surface area contributed by atoms with Crippen molar-refractivity contribution in [3.63, 3.8) is 0 Å². The highest BCUT2D eigenvalue weighted by Gasteiger charge is 2.28. The van der Waals surface area contributed by atoms with Crippen molar-refractivity contribution < 1.29 is 4.39 Å². The molecule has 0 unspecified atom stereocenters. The Morgan fingerprint density at radius 1 is 1.33 bits per heavy atom. The normalized spacial score (nSPS) is 14.2. The summed E-state index contributed by atoms with van der Waals surface area (Å²) in [5, 5.41) is 17.4. The number of hydrogen-bond acceptors (Lipinski definition) is 3. The van der Waals surface area contributed by atoms with Crippen molar-refractivity contribution in [2.45, 2.75) is 31.8 Å². The van der Waals surface area contributed by atoms with E-state index in [1.165, 1.54) is 6.07 Å². The topological polar surface area (TPSA) is 50.8 Å². The summed E-state index contributed by atoms with van der Waals surface area (Å²) in [7, 11) is 0. The van der Waals surface area contributed by atoms with Gasteiger partial charge < -0.3 is 0 Å². The fourth-order valence-electron chi connectivity index (χ4n) is 2.01. The van der Waals surface area contributed by atoms with Crippen LogP contribution in [-0.2, 0) is 6.54 Å². The van der Waals surface area contributed by atoms with E-state index in [1.807, 2.05) is 6.07 Å². The molecule has 0 saturated heterocycles. The second kappa shape index (κ2) is 5.62. The third kappa shape index (κ3) is 3.06. The highest BCUT2D eigenvalue weighted by atomic mass is 19.1. The summed E-state index contributed by atoms with van der Waals surface area (Å²) in [5.41, 5.74) is 1.02. The van der Waals surface area contributed by atoms with Crippen molar-refractivity contribution in [3.8, 4) is 12.1 Å². The van der Waals surface area contributed by atoms with Crippen LogP contribution < -0.4 is 0 Å². The molecule has 0 atom stereocenters. The van der Waals surface area contributed by atoms with Gasteiger partial charge in [0, 0.05) is 25.6 Å². The lowest BCUT2D eigenvalue weighted by atomic mass is 10.1. The monoisotopic (exact) mass is 243 g/mol. The van der Waals surface area contributed by atoms with Crippen LogP contribution in [0.25, 0.3) is 0 Å². The zero-order valence-corrected chi connectivity index (χ0v) is 10.1. The van der Waals surface area contributed by atoms with Gasteiger partial charge in [-0.05, 0) is 30.5 Å². The van der Waals surface area contributed by atoms with E-state index in [9.17, 15) is 4.39 Å². The smallest absolute Gasteiger partial charge is 0.140 e. The first-order valence-electron chi connectivity index (χ1n) is 6.04. The summed E-state index contributed by atoms with van der Waals surface area (Å²) in [6.07, 6.45) is 2.83. The summed E-state index contributed by atoms with van der Waals surface area (Å²) >= 11 is 0. The van der Waals surface area contributed by atoms with Gasteiger partial charge in [-0.3, -0.25) is 4.90 Å². The summed E-state index contributed by atoms with van der Waals surface area (Å²) in [6, 6.07) is 9.18. The molecule has 18 heavy (non-hydrogen) atoms. The van der Waals surface area contributed by atoms with Crippen LogP contribution in [-0.4, -0.2) is 17.5 Å². The Hall–Kier alpha value is -1.91. The second-order valence-electron chi connectivity index (χ2n) is 4.54. The maximum Gasteiger partial charge on any atom is 0.140 e. The molecule has 0 aromatic heterocycles. The lowest BCUT2D eigenvalue weighted by molar-refractivity contribution is 0.261. The molecule has 1 saturated carbocycles. The Bertz CT molecular complexity index is 509. The van der Waals surface area contributed by atoms with Gasteiger partial charge in [0.2, 0.25) is 0 Å². The number of nitriles is 2. The maximum atomic E-state index is 13.2. The predicted molar refractivity (Wildman–Crippen MR) is 64.8 cm³/mol. The summed E-state index contributed by atoms with van der Waals surface area (Å²) < 4.78 is 13.2. The number of rotatable bonds is 5. The summed E-state index contributed by atoms with van der Waals surface area (Å²) in [5.74, 6) is -0.476. The lowest BCUT2D eigenvalue weighted by Crippen LogP contribution is -2.26. The molecule has 92 valence electrons. The number of nitrogens with zero attached hydrogens (tertiary/aromatic N) is 3. The minimum atomic E-state index is -0.476. The molecule has 2 rings (SSSR count). The van der Waals surface area contributed by atoms with Crippen LogP contribution >= 0.6 is 0 Å². The van der Waals surface area contributed by atoms with Crippen LogP contribution in [0.4, 0.5) is 4.39 Å². The van der Waals surface area contributed by atoms with E-state index >= 15 is 0 Å². The van der Waals surface area contributed by atoms with Gasteiger partial charge in [0.25, 0.3) is 0 Å². The van der Waals surface area contributed by atoms with Crippen molar-refractivity contribution >= 4 is 0 Å². The van der Waals surface area contributed by atoms with Crippen molar-refractivity contribution in [3.05, 3.63) is 35.1 Å². The minimum absolute atomic E-state index is 0.0866. The number of benzene rings is 1. The van der Waals surface area contributed by atoms with Gasteiger partial charge in [-0.15, -0.1) is 0 Å². The van der Waals surface area contributed by atoms with Crippen LogP contribution in [0.5, 0.6) is 0 Å². The molecule has 0 bridgehead atoms. The first-order chi connectivity index (χ1) is 8.74. The highest BCUT2D eigenvalue weighted by molar-refractivity contribution is 5.34. The molecule has 0 radical (unpaired) electrons. The fraction of sp³-hybridized carbons (Fsp3) is 0.429. The van der Waals surface area contributed by atoms with Crippen molar-refractivity contribution in [1.82, 2.24) is 4.90 Å². The molecule has 1 aromatic carbocycles. The number of hydrogen-bond donors (Lipinski definition) is 0. The van der Waals surface area contributed by atoms with Crippen LogP contribution in [0, 0.1) is 28.5 Å². The Morgan fingerprint density at radius 2 is 2.11 bits per heavy atom. The molecule has 0 N–H and O–H groups in total. The Morgan fingerprint density at radius 3 is 2.72 bits per heavy atom. The zero-order valence-electron chi connectivity index (χ0n) is 10.1.